The molecule has 6 nitrogen and oxygen atoms in total. The van der Waals surface area contributed by atoms with E-state index in [2.05, 4.69) is 27.0 Å². The minimum atomic E-state index is -0.141. The van der Waals surface area contributed by atoms with E-state index in [1.54, 1.807) is 40.3 Å². The van der Waals surface area contributed by atoms with Crippen molar-refractivity contribution in [2.75, 3.05) is 0 Å². The van der Waals surface area contributed by atoms with Crippen LogP contribution in [0, 0.1) is 11.8 Å². The molecule has 0 fully saturated rings. The van der Waals surface area contributed by atoms with E-state index in [-0.39, 0.29) is 11.9 Å². The molecule has 0 saturated carbocycles. The number of rotatable bonds is 2. The van der Waals surface area contributed by atoms with Gasteiger partial charge in [0.2, 0.25) is 0 Å². The number of hydrazone groups is 1. The van der Waals surface area contributed by atoms with Gasteiger partial charge in [-0.05, 0) is 41.8 Å². The fourth-order valence-corrected chi connectivity index (χ4v) is 3.47. The van der Waals surface area contributed by atoms with E-state index in [0.29, 0.717) is 17.7 Å². The third kappa shape index (κ3) is 3.33. The quantitative estimate of drug-likeness (QED) is 0.490. The van der Waals surface area contributed by atoms with Crippen LogP contribution in [0.3, 0.4) is 0 Å². The molecule has 144 valence electrons. The molecule has 0 N–H and O–H groups in total. The molecule has 1 aliphatic heterocycles. The Balaban J connectivity index is 1.41. The van der Waals surface area contributed by atoms with Crippen LogP contribution < -0.4 is 0 Å². The number of carbonyl (C=O) groups is 1. The van der Waals surface area contributed by atoms with Crippen LogP contribution >= 0.6 is 0 Å². The van der Waals surface area contributed by atoms with E-state index >= 15 is 0 Å². The van der Waals surface area contributed by atoms with Gasteiger partial charge in [0.1, 0.15) is 5.69 Å². The van der Waals surface area contributed by atoms with Gasteiger partial charge in [-0.1, -0.05) is 42.3 Å². The fraction of sp³-hybridized carbons (Fsp3) is 0.0833. The standard InChI is InChI=1S/C24H17N5O/c30-24(29-22(13-15-27-29)19-7-2-1-3-8-19)20-9-4-6-18(16-20)11-12-21-17-25-23-10-5-14-26-28(21)23/h1-10,14-17,22H,13H2. The second-order valence-corrected chi connectivity index (χ2v) is 6.88. The maximum absolute atomic E-state index is 13.1. The SMILES string of the molecule is O=C(c1cccc(C#Cc2cnc3cccnn23)c1)N1N=CCC1c1ccccc1. The first-order valence-corrected chi connectivity index (χ1v) is 9.61. The topological polar surface area (TPSA) is 62.9 Å². The smallest absolute Gasteiger partial charge is 0.267 e. The number of fused-ring (bicyclic) bond motifs is 1. The van der Waals surface area contributed by atoms with Crippen molar-refractivity contribution >= 4 is 17.8 Å². The first kappa shape index (κ1) is 17.8. The first-order chi connectivity index (χ1) is 14.8. The van der Waals surface area contributed by atoms with Crippen molar-refractivity contribution in [3.63, 3.8) is 0 Å². The van der Waals surface area contributed by atoms with E-state index in [9.17, 15) is 4.79 Å². The van der Waals surface area contributed by atoms with Crippen molar-refractivity contribution in [3.05, 3.63) is 102 Å². The number of benzene rings is 2. The molecular weight excluding hydrogens is 374 g/mol. The lowest BCUT2D eigenvalue weighted by Gasteiger charge is -2.22. The van der Waals surface area contributed by atoms with Crippen molar-refractivity contribution in [3.8, 4) is 11.8 Å². The Morgan fingerprint density at radius 3 is 2.80 bits per heavy atom. The molecule has 0 bridgehead atoms. The summed E-state index contributed by atoms with van der Waals surface area (Å²) >= 11 is 0. The van der Waals surface area contributed by atoms with Crippen LogP contribution in [0.25, 0.3) is 5.65 Å². The molecule has 30 heavy (non-hydrogen) atoms. The Kier molecular flexibility index (Phi) is 4.54. The molecule has 0 radical (unpaired) electrons. The molecule has 0 saturated heterocycles. The van der Waals surface area contributed by atoms with Gasteiger partial charge >= 0.3 is 0 Å². The highest BCUT2D eigenvalue weighted by molar-refractivity contribution is 5.95. The molecule has 1 atom stereocenters. The van der Waals surface area contributed by atoms with Gasteiger partial charge in [0, 0.05) is 30.0 Å². The van der Waals surface area contributed by atoms with Gasteiger partial charge in [0.05, 0.1) is 12.2 Å². The Labute approximate surface area is 173 Å². The number of aromatic nitrogens is 3. The van der Waals surface area contributed by atoms with E-state index < -0.39 is 0 Å². The summed E-state index contributed by atoms with van der Waals surface area (Å²) in [4.78, 5) is 17.4. The molecule has 4 aromatic rings. The summed E-state index contributed by atoms with van der Waals surface area (Å²) in [5.41, 5.74) is 3.80. The Morgan fingerprint density at radius 1 is 1.00 bits per heavy atom. The third-order valence-electron chi connectivity index (χ3n) is 4.94. The highest BCUT2D eigenvalue weighted by Crippen LogP contribution is 2.29. The Bertz CT molecular complexity index is 1310. The number of hydrogen-bond acceptors (Lipinski definition) is 4. The molecule has 6 heteroatoms. The summed E-state index contributed by atoms with van der Waals surface area (Å²) in [6.45, 7) is 0. The minimum absolute atomic E-state index is 0.0855. The third-order valence-corrected chi connectivity index (χ3v) is 4.94. The molecule has 1 unspecified atom stereocenters. The lowest BCUT2D eigenvalue weighted by molar-refractivity contribution is 0.0711. The van der Waals surface area contributed by atoms with Crippen molar-refractivity contribution in [1.82, 2.24) is 19.6 Å². The van der Waals surface area contributed by atoms with Crippen molar-refractivity contribution in [1.29, 1.82) is 0 Å². The maximum Gasteiger partial charge on any atom is 0.274 e. The summed E-state index contributed by atoms with van der Waals surface area (Å²) in [6.07, 6.45) is 5.88. The van der Waals surface area contributed by atoms with Crippen molar-refractivity contribution in [2.24, 2.45) is 5.10 Å². The monoisotopic (exact) mass is 391 g/mol. The molecule has 1 aliphatic rings. The van der Waals surface area contributed by atoms with Crippen LogP contribution in [-0.2, 0) is 0 Å². The normalized spacial score (nSPS) is 15.2. The van der Waals surface area contributed by atoms with Crippen molar-refractivity contribution < 1.29 is 4.79 Å². The second kappa shape index (κ2) is 7.64. The summed E-state index contributed by atoms with van der Waals surface area (Å²) < 4.78 is 1.69. The average molecular weight is 391 g/mol. The van der Waals surface area contributed by atoms with Crippen LogP contribution in [0.5, 0.6) is 0 Å². The molecule has 1 amide bonds. The fourth-order valence-electron chi connectivity index (χ4n) is 3.47. The van der Waals surface area contributed by atoms with Crippen LogP contribution in [0.1, 0.15) is 39.6 Å². The lowest BCUT2D eigenvalue weighted by Crippen LogP contribution is -2.27. The van der Waals surface area contributed by atoms with Crippen LogP contribution in [-0.4, -0.2) is 31.7 Å². The molecule has 3 heterocycles. The molecule has 2 aromatic heterocycles. The maximum atomic E-state index is 13.1. The Morgan fingerprint density at radius 2 is 1.90 bits per heavy atom. The summed E-state index contributed by atoms with van der Waals surface area (Å²) in [5, 5.41) is 10.1. The van der Waals surface area contributed by atoms with Gasteiger partial charge in [0.25, 0.3) is 5.91 Å². The van der Waals surface area contributed by atoms with Gasteiger partial charge in [0.15, 0.2) is 5.65 Å². The first-order valence-electron chi connectivity index (χ1n) is 9.61. The van der Waals surface area contributed by atoms with Gasteiger partial charge < -0.3 is 0 Å². The van der Waals surface area contributed by atoms with E-state index in [1.165, 1.54) is 0 Å². The van der Waals surface area contributed by atoms with Gasteiger partial charge in [-0.15, -0.1) is 0 Å². The summed E-state index contributed by atoms with van der Waals surface area (Å²) in [7, 11) is 0. The van der Waals surface area contributed by atoms with Crippen LogP contribution in [0.2, 0.25) is 0 Å². The summed E-state index contributed by atoms with van der Waals surface area (Å²) in [6, 6.07) is 20.9. The zero-order valence-electron chi connectivity index (χ0n) is 16.0. The molecule has 0 spiro atoms. The van der Waals surface area contributed by atoms with Crippen LogP contribution in [0.15, 0.2) is 84.2 Å². The highest BCUT2D eigenvalue weighted by atomic mass is 16.2. The van der Waals surface area contributed by atoms with E-state index in [1.807, 2.05) is 54.6 Å². The number of nitrogens with zero attached hydrogens (tertiary/aromatic N) is 5. The zero-order valence-corrected chi connectivity index (χ0v) is 16.0. The predicted octanol–water partition coefficient (Wildman–Crippen LogP) is 3.70. The van der Waals surface area contributed by atoms with Crippen molar-refractivity contribution in [2.45, 2.75) is 12.5 Å². The second-order valence-electron chi connectivity index (χ2n) is 6.88. The average Bonchev–Trinajstić information content (AvgIpc) is 3.45. The van der Waals surface area contributed by atoms with Crippen LogP contribution in [0.4, 0.5) is 0 Å². The highest BCUT2D eigenvalue weighted by Gasteiger charge is 2.28. The zero-order chi connectivity index (χ0) is 20.3. The molecular formula is C24H17N5O. The number of amides is 1. The number of imidazole rings is 1. The number of carbonyl (C=O) groups excluding carboxylic acids is 1. The molecule has 2 aromatic carbocycles. The minimum Gasteiger partial charge on any atom is -0.267 e. The largest absolute Gasteiger partial charge is 0.274 e. The van der Waals surface area contributed by atoms with Gasteiger partial charge in [-0.3, -0.25) is 4.79 Å². The number of hydrogen-bond donors (Lipinski definition) is 0. The van der Waals surface area contributed by atoms with Gasteiger partial charge in [-0.25, -0.2) is 14.5 Å². The Hall–Kier alpha value is -4.24. The lowest BCUT2D eigenvalue weighted by atomic mass is 10.0. The van der Waals surface area contributed by atoms with E-state index in [4.69, 9.17) is 0 Å². The summed E-state index contributed by atoms with van der Waals surface area (Å²) in [5.74, 6) is 6.05. The molecule has 5 rings (SSSR count). The molecule has 0 aliphatic carbocycles. The predicted molar refractivity (Wildman–Crippen MR) is 114 cm³/mol. The van der Waals surface area contributed by atoms with Gasteiger partial charge in [-0.2, -0.15) is 10.2 Å². The van der Waals surface area contributed by atoms with E-state index in [0.717, 1.165) is 16.8 Å².